The summed E-state index contributed by atoms with van der Waals surface area (Å²) >= 11 is 7.03. The summed E-state index contributed by atoms with van der Waals surface area (Å²) in [7, 11) is 0. The van der Waals surface area contributed by atoms with Crippen molar-refractivity contribution in [3.63, 3.8) is 0 Å². The van der Waals surface area contributed by atoms with E-state index in [4.69, 9.17) is 22.1 Å². The molecular weight excluding hydrogens is 420 g/mol. The Labute approximate surface area is 185 Å². The van der Waals surface area contributed by atoms with E-state index < -0.39 is 5.97 Å². The molecule has 0 radical (unpaired) electrons. The summed E-state index contributed by atoms with van der Waals surface area (Å²) in [6.45, 7) is 2.59. The normalized spacial score (nSPS) is 13.5. The highest BCUT2D eigenvalue weighted by atomic mass is 32.1. The number of thiophene rings is 1. The number of aromatic carboxylic acids is 1. The lowest BCUT2D eigenvalue weighted by Crippen LogP contribution is -2.28. The Bertz CT molecular complexity index is 922. The second kappa shape index (κ2) is 10.5. The number of nitrogens with one attached hydrogen (secondary N) is 2. The van der Waals surface area contributed by atoms with E-state index in [1.807, 2.05) is 6.92 Å². The van der Waals surface area contributed by atoms with E-state index in [-0.39, 0.29) is 11.5 Å². The number of rotatable bonds is 6. The molecule has 0 saturated heterocycles. The van der Waals surface area contributed by atoms with Gasteiger partial charge in [-0.25, -0.2) is 9.59 Å². The third-order valence-electron chi connectivity index (χ3n) is 5.03. The van der Waals surface area contributed by atoms with Gasteiger partial charge in [-0.3, -0.25) is 0 Å². The minimum atomic E-state index is -0.952. The number of hydrogen-bond acceptors (Lipinski definition) is 5. The van der Waals surface area contributed by atoms with Crippen LogP contribution in [-0.2, 0) is 24.1 Å². The molecule has 1 aromatic carbocycles. The summed E-state index contributed by atoms with van der Waals surface area (Å²) in [4.78, 5) is 24.9. The van der Waals surface area contributed by atoms with Crippen LogP contribution in [0.1, 0.15) is 69.3 Å². The fraction of sp³-hybridized carbons (Fsp3) is 0.409. The number of carbonyl (C=O) groups excluding carboxylic acids is 1. The zero-order valence-electron chi connectivity index (χ0n) is 17.0. The van der Waals surface area contributed by atoms with E-state index in [2.05, 4.69) is 10.6 Å². The fourth-order valence-corrected chi connectivity index (χ4v) is 5.04. The number of esters is 1. The van der Waals surface area contributed by atoms with Crippen LogP contribution in [-0.4, -0.2) is 28.8 Å². The highest BCUT2D eigenvalue weighted by Crippen LogP contribution is 2.37. The van der Waals surface area contributed by atoms with Gasteiger partial charge >= 0.3 is 11.9 Å². The summed E-state index contributed by atoms with van der Waals surface area (Å²) in [6, 6.07) is 6.63. The third-order valence-corrected chi connectivity index (χ3v) is 6.49. The van der Waals surface area contributed by atoms with E-state index >= 15 is 0 Å². The molecule has 1 aliphatic rings. The molecule has 3 N–H and O–H groups in total. The van der Waals surface area contributed by atoms with Gasteiger partial charge in [-0.1, -0.05) is 25.0 Å². The van der Waals surface area contributed by atoms with Gasteiger partial charge in [-0.05, 0) is 68.1 Å². The van der Waals surface area contributed by atoms with Gasteiger partial charge in [0, 0.05) is 11.4 Å². The molecule has 0 aliphatic heterocycles. The van der Waals surface area contributed by atoms with Crippen molar-refractivity contribution in [1.29, 1.82) is 0 Å². The van der Waals surface area contributed by atoms with Crippen LogP contribution in [0, 0.1) is 0 Å². The molecule has 3 rings (SSSR count). The summed E-state index contributed by atoms with van der Waals surface area (Å²) in [5, 5.41) is 16.5. The molecular formula is C22H26N2O4S2. The lowest BCUT2D eigenvalue weighted by molar-refractivity contribution is 0.0526. The Morgan fingerprint density at radius 3 is 2.50 bits per heavy atom. The summed E-state index contributed by atoms with van der Waals surface area (Å²) in [6.07, 6.45) is 6.47. The van der Waals surface area contributed by atoms with Gasteiger partial charge in [0.25, 0.3) is 0 Å². The highest BCUT2D eigenvalue weighted by Gasteiger charge is 2.25. The van der Waals surface area contributed by atoms with Gasteiger partial charge < -0.3 is 20.5 Å². The second-order valence-corrected chi connectivity index (χ2v) is 8.67. The molecule has 0 spiro atoms. The first-order chi connectivity index (χ1) is 14.5. The number of aryl methyl sites for hydroxylation is 1. The number of fused-ring (bicyclic) bond motifs is 1. The number of hydrogen-bond donors (Lipinski definition) is 3. The average molecular weight is 447 g/mol. The van der Waals surface area contributed by atoms with Crippen molar-refractivity contribution < 1.29 is 19.4 Å². The molecule has 0 atom stereocenters. The predicted molar refractivity (Wildman–Crippen MR) is 123 cm³/mol. The Morgan fingerprint density at radius 1 is 1.13 bits per heavy atom. The first-order valence-corrected chi connectivity index (χ1v) is 11.4. The molecule has 8 heteroatoms. The van der Waals surface area contributed by atoms with Crippen LogP contribution >= 0.6 is 23.6 Å². The van der Waals surface area contributed by atoms with Crippen molar-refractivity contribution in [3.8, 4) is 0 Å². The van der Waals surface area contributed by atoms with Gasteiger partial charge in [0.1, 0.15) is 5.00 Å². The van der Waals surface area contributed by atoms with Crippen molar-refractivity contribution in [1.82, 2.24) is 5.32 Å². The van der Waals surface area contributed by atoms with Crippen LogP contribution in [0.15, 0.2) is 24.3 Å². The number of carbonyl (C=O) groups is 2. The maximum Gasteiger partial charge on any atom is 0.341 e. The molecule has 30 heavy (non-hydrogen) atoms. The van der Waals surface area contributed by atoms with E-state index in [0.717, 1.165) is 41.8 Å². The summed E-state index contributed by atoms with van der Waals surface area (Å²) in [5.41, 5.74) is 2.88. The Morgan fingerprint density at radius 2 is 1.83 bits per heavy atom. The maximum absolute atomic E-state index is 12.7. The van der Waals surface area contributed by atoms with Crippen LogP contribution in [0.3, 0.4) is 0 Å². The largest absolute Gasteiger partial charge is 0.478 e. The Kier molecular flexibility index (Phi) is 7.81. The lowest BCUT2D eigenvalue weighted by Gasteiger charge is -2.13. The van der Waals surface area contributed by atoms with Crippen molar-refractivity contribution >= 4 is 45.6 Å². The molecule has 0 fully saturated rings. The number of benzene rings is 1. The van der Waals surface area contributed by atoms with Crippen LogP contribution in [0.5, 0.6) is 0 Å². The molecule has 6 nitrogen and oxygen atoms in total. The predicted octanol–water partition coefficient (Wildman–Crippen LogP) is 4.77. The van der Waals surface area contributed by atoms with Crippen molar-refractivity contribution in [2.24, 2.45) is 0 Å². The highest BCUT2D eigenvalue weighted by molar-refractivity contribution is 7.80. The van der Waals surface area contributed by atoms with Gasteiger partial charge in [0.05, 0.1) is 17.7 Å². The second-order valence-electron chi connectivity index (χ2n) is 7.15. The van der Waals surface area contributed by atoms with E-state index in [0.29, 0.717) is 23.8 Å². The number of carboxylic acid groups (broad SMARTS) is 1. The topological polar surface area (TPSA) is 87.7 Å². The Balaban J connectivity index is 1.72. The van der Waals surface area contributed by atoms with Crippen LogP contribution in [0.4, 0.5) is 5.00 Å². The standard InChI is InChI=1S/C22H26N2O4S2/c1-2-28-21(27)18-16-7-5-3-4-6-8-17(16)30-19(18)24-22(29)23-13-14-9-11-15(12-10-14)20(25)26/h9-12H,2-8,13H2,1H3,(H,25,26)(H2,23,24,29). The first-order valence-electron chi connectivity index (χ1n) is 10.2. The van der Waals surface area contributed by atoms with Crippen molar-refractivity contribution in [2.75, 3.05) is 11.9 Å². The molecule has 0 unspecified atom stereocenters. The molecule has 160 valence electrons. The SMILES string of the molecule is CCOC(=O)c1c(NC(=S)NCc2ccc(C(=O)O)cc2)sc2c1CCCCCC2. The molecule has 2 aromatic rings. The molecule has 1 aliphatic carbocycles. The zero-order valence-corrected chi connectivity index (χ0v) is 18.6. The molecule has 0 amide bonds. The van der Waals surface area contributed by atoms with Gasteiger partial charge in [-0.15, -0.1) is 11.3 Å². The van der Waals surface area contributed by atoms with E-state index in [9.17, 15) is 9.59 Å². The number of ether oxygens (including phenoxy) is 1. The van der Waals surface area contributed by atoms with E-state index in [1.54, 1.807) is 35.6 Å². The van der Waals surface area contributed by atoms with Crippen LogP contribution in [0.25, 0.3) is 0 Å². The first kappa shape index (κ1) is 22.2. The van der Waals surface area contributed by atoms with Crippen molar-refractivity contribution in [3.05, 3.63) is 51.4 Å². The average Bonchev–Trinajstić information content (AvgIpc) is 3.03. The van der Waals surface area contributed by atoms with Crippen LogP contribution < -0.4 is 10.6 Å². The number of carboxylic acids is 1. The minimum absolute atomic E-state index is 0.245. The van der Waals surface area contributed by atoms with Gasteiger partial charge in [-0.2, -0.15) is 0 Å². The monoisotopic (exact) mass is 446 g/mol. The lowest BCUT2D eigenvalue weighted by atomic mass is 9.96. The Hall–Kier alpha value is -2.45. The number of anilines is 1. The molecule has 0 bridgehead atoms. The van der Waals surface area contributed by atoms with Crippen LogP contribution in [0.2, 0.25) is 0 Å². The zero-order chi connectivity index (χ0) is 21.5. The van der Waals surface area contributed by atoms with Gasteiger partial charge in [0.2, 0.25) is 0 Å². The fourth-order valence-electron chi connectivity index (χ4n) is 3.52. The molecule has 0 saturated carbocycles. The number of thiocarbonyl (C=S) groups is 1. The summed E-state index contributed by atoms with van der Waals surface area (Å²) in [5.74, 6) is -1.25. The molecule has 1 heterocycles. The maximum atomic E-state index is 12.7. The van der Waals surface area contributed by atoms with Gasteiger partial charge in [0.15, 0.2) is 5.11 Å². The van der Waals surface area contributed by atoms with E-state index in [1.165, 1.54) is 17.7 Å². The summed E-state index contributed by atoms with van der Waals surface area (Å²) < 4.78 is 5.32. The third kappa shape index (κ3) is 5.58. The van der Waals surface area contributed by atoms with Crippen molar-refractivity contribution in [2.45, 2.75) is 52.0 Å². The molecule has 1 aromatic heterocycles. The minimum Gasteiger partial charge on any atom is -0.478 e. The smallest absolute Gasteiger partial charge is 0.341 e. The quantitative estimate of drug-likeness (QED) is 0.435.